The van der Waals surface area contributed by atoms with Gasteiger partial charge in [-0.05, 0) is 48.3 Å². The van der Waals surface area contributed by atoms with Gasteiger partial charge in [-0.1, -0.05) is 0 Å². The van der Waals surface area contributed by atoms with E-state index in [-0.39, 0.29) is 5.97 Å². The number of ether oxygens (including phenoxy) is 1. The van der Waals surface area contributed by atoms with Crippen LogP contribution in [0.4, 0.5) is 0 Å². The number of carbonyl (C=O) groups excluding carboxylic acids is 1. The topological polar surface area (TPSA) is 44.1 Å². The van der Waals surface area contributed by atoms with Gasteiger partial charge in [0.1, 0.15) is 9.26 Å². The van der Waals surface area contributed by atoms with Crippen LogP contribution in [0.1, 0.15) is 30.1 Å². The molecule has 4 nitrogen and oxygen atoms in total. The normalized spacial score (nSPS) is 15.3. The van der Waals surface area contributed by atoms with Crippen molar-refractivity contribution in [2.24, 2.45) is 5.92 Å². The van der Waals surface area contributed by atoms with E-state index in [1.54, 1.807) is 13.1 Å². The Hall–Kier alpha value is -0.590. The van der Waals surface area contributed by atoms with Gasteiger partial charge in [-0.15, -0.1) is 0 Å². The molecular formula is C10H13IN2O2. The maximum Gasteiger partial charge on any atom is 0.342 e. The van der Waals surface area contributed by atoms with Crippen LogP contribution in [0.25, 0.3) is 0 Å². The van der Waals surface area contributed by atoms with Crippen molar-refractivity contribution < 1.29 is 9.53 Å². The molecular weight excluding hydrogens is 307 g/mol. The van der Waals surface area contributed by atoms with Crippen molar-refractivity contribution in [2.75, 3.05) is 6.61 Å². The van der Waals surface area contributed by atoms with Gasteiger partial charge in [0, 0.05) is 6.54 Å². The van der Waals surface area contributed by atoms with Crippen molar-refractivity contribution in [3.8, 4) is 0 Å². The third-order valence-electron chi connectivity index (χ3n) is 2.40. The van der Waals surface area contributed by atoms with Crippen molar-refractivity contribution in [3.63, 3.8) is 0 Å². The molecule has 1 aliphatic carbocycles. The Labute approximate surface area is 102 Å². The SMILES string of the molecule is CCOC(=O)c1cnn(CC2CC2)c1I. The summed E-state index contributed by atoms with van der Waals surface area (Å²) in [4.78, 5) is 11.5. The summed E-state index contributed by atoms with van der Waals surface area (Å²) in [5.74, 6) is 0.484. The molecule has 15 heavy (non-hydrogen) atoms. The molecule has 0 unspecified atom stereocenters. The molecule has 1 fully saturated rings. The van der Waals surface area contributed by atoms with Crippen LogP contribution in [-0.4, -0.2) is 22.4 Å². The fraction of sp³-hybridized carbons (Fsp3) is 0.600. The molecule has 1 heterocycles. The Morgan fingerprint density at radius 2 is 2.47 bits per heavy atom. The highest BCUT2D eigenvalue weighted by molar-refractivity contribution is 14.1. The highest BCUT2D eigenvalue weighted by Gasteiger charge is 2.24. The zero-order valence-electron chi connectivity index (χ0n) is 8.57. The van der Waals surface area contributed by atoms with Gasteiger partial charge in [-0.2, -0.15) is 5.10 Å². The van der Waals surface area contributed by atoms with Gasteiger partial charge >= 0.3 is 5.97 Å². The summed E-state index contributed by atoms with van der Waals surface area (Å²) in [5.41, 5.74) is 0.582. The van der Waals surface area contributed by atoms with Gasteiger partial charge in [0.25, 0.3) is 0 Å². The molecule has 2 rings (SSSR count). The van der Waals surface area contributed by atoms with Gasteiger partial charge in [0.2, 0.25) is 0 Å². The van der Waals surface area contributed by atoms with E-state index in [0.29, 0.717) is 12.2 Å². The highest BCUT2D eigenvalue weighted by Crippen LogP contribution is 2.31. The molecule has 0 saturated heterocycles. The van der Waals surface area contributed by atoms with E-state index >= 15 is 0 Å². The zero-order valence-corrected chi connectivity index (χ0v) is 10.7. The summed E-state index contributed by atoms with van der Waals surface area (Å²) >= 11 is 2.15. The van der Waals surface area contributed by atoms with Crippen LogP contribution in [0.2, 0.25) is 0 Å². The van der Waals surface area contributed by atoms with E-state index in [2.05, 4.69) is 27.7 Å². The van der Waals surface area contributed by atoms with E-state index in [1.807, 2.05) is 4.68 Å². The van der Waals surface area contributed by atoms with Gasteiger partial charge in [0.05, 0.1) is 12.8 Å². The van der Waals surface area contributed by atoms with Crippen molar-refractivity contribution in [1.82, 2.24) is 9.78 Å². The number of esters is 1. The van der Waals surface area contributed by atoms with Crippen LogP contribution in [0.3, 0.4) is 0 Å². The number of aromatic nitrogens is 2. The third-order valence-corrected chi connectivity index (χ3v) is 3.54. The molecule has 0 amide bonds. The van der Waals surface area contributed by atoms with E-state index in [1.165, 1.54) is 12.8 Å². The van der Waals surface area contributed by atoms with Crippen molar-refractivity contribution in [1.29, 1.82) is 0 Å². The van der Waals surface area contributed by atoms with Crippen molar-refractivity contribution in [3.05, 3.63) is 15.5 Å². The van der Waals surface area contributed by atoms with E-state index in [4.69, 9.17) is 4.74 Å². The molecule has 0 atom stereocenters. The van der Waals surface area contributed by atoms with Crippen LogP contribution >= 0.6 is 22.6 Å². The Morgan fingerprint density at radius 1 is 1.73 bits per heavy atom. The van der Waals surface area contributed by atoms with Gasteiger partial charge in [-0.3, -0.25) is 4.68 Å². The van der Waals surface area contributed by atoms with Gasteiger partial charge in [-0.25, -0.2) is 4.79 Å². The van der Waals surface area contributed by atoms with Crippen molar-refractivity contribution >= 4 is 28.6 Å². The molecule has 0 spiro atoms. The Morgan fingerprint density at radius 3 is 3.07 bits per heavy atom. The number of rotatable bonds is 4. The Bertz CT molecular complexity index is 371. The fourth-order valence-electron chi connectivity index (χ4n) is 1.39. The molecule has 1 aromatic heterocycles. The summed E-state index contributed by atoms with van der Waals surface area (Å²) in [5, 5.41) is 4.21. The lowest BCUT2D eigenvalue weighted by molar-refractivity contribution is 0.0525. The van der Waals surface area contributed by atoms with Crippen molar-refractivity contribution in [2.45, 2.75) is 26.3 Å². The average Bonchev–Trinajstić information content (AvgIpc) is 2.93. The van der Waals surface area contributed by atoms with Crippen LogP contribution in [0.15, 0.2) is 6.20 Å². The monoisotopic (exact) mass is 320 g/mol. The standard InChI is InChI=1S/C10H13IN2O2/c1-2-15-10(14)8-5-12-13(9(8)11)6-7-3-4-7/h5,7H,2-4,6H2,1H3. The second kappa shape index (κ2) is 4.51. The number of carbonyl (C=O) groups is 1. The largest absolute Gasteiger partial charge is 0.462 e. The lowest BCUT2D eigenvalue weighted by Crippen LogP contribution is -2.08. The molecule has 0 radical (unpaired) electrons. The first-order chi connectivity index (χ1) is 7.22. The molecule has 1 aromatic rings. The number of hydrogen-bond acceptors (Lipinski definition) is 3. The van der Waals surface area contributed by atoms with E-state index in [0.717, 1.165) is 16.2 Å². The third kappa shape index (κ3) is 2.50. The predicted octanol–water partition coefficient (Wildman–Crippen LogP) is 2.07. The number of hydrogen-bond donors (Lipinski definition) is 0. The van der Waals surface area contributed by atoms with Gasteiger partial charge < -0.3 is 4.74 Å². The molecule has 0 aliphatic heterocycles. The van der Waals surface area contributed by atoms with E-state index in [9.17, 15) is 4.79 Å². The van der Waals surface area contributed by atoms with Crippen LogP contribution in [0.5, 0.6) is 0 Å². The first kappa shape index (κ1) is 10.9. The first-order valence-electron chi connectivity index (χ1n) is 5.10. The quantitative estimate of drug-likeness (QED) is 0.630. The Kier molecular flexibility index (Phi) is 3.28. The maximum atomic E-state index is 11.5. The minimum Gasteiger partial charge on any atom is -0.462 e. The smallest absolute Gasteiger partial charge is 0.342 e. The minimum atomic E-state index is -0.274. The average molecular weight is 320 g/mol. The second-order valence-corrected chi connectivity index (χ2v) is 4.72. The summed E-state index contributed by atoms with van der Waals surface area (Å²) in [6, 6.07) is 0. The number of nitrogens with zero attached hydrogens (tertiary/aromatic N) is 2. The van der Waals surface area contributed by atoms with Gasteiger partial charge in [0.15, 0.2) is 0 Å². The summed E-state index contributed by atoms with van der Waals surface area (Å²) in [6.45, 7) is 3.14. The molecule has 0 bridgehead atoms. The second-order valence-electron chi connectivity index (χ2n) is 3.70. The molecule has 5 heteroatoms. The molecule has 1 saturated carbocycles. The predicted molar refractivity (Wildman–Crippen MR) is 63.6 cm³/mol. The summed E-state index contributed by atoms with van der Waals surface area (Å²) in [7, 11) is 0. The zero-order chi connectivity index (χ0) is 10.8. The fourth-order valence-corrected chi connectivity index (χ4v) is 2.07. The first-order valence-corrected chi connectivity index (χ1v) is 6.18. The van der Waals surface area contributed by atoms with Crippen LogP contribution in [-0.2, 0) is 11.3 Å². The lowest BCUT2D eigenvalue weighted by atomic mass is 10.4. The van der Waals surface area contributed by atoms with Crippen LogP contribution < -0.4 is 0 Å². The molecule has 0 N–H and O–H groups in total. The maximum absolute atomic E-state index is 11.5. The lowest BCUT2D eigenvalue weighted by Gasteiger charge is -2.02. The summed E-state index contributed by atoms with van der Waals surface area (Å²) < 4.78 is 7.73. The Balaban J connectivity index is 2.11. The molecule has 0 aromatic carbocycles. The summed E-state index contributed by atoms with van der Waals surface area (Å²) in [6.07, 6.45) is 4.16. The molecule has 1 aliphatic rings. The van der Waals surface area contributed by atoms with Crippen LogP contribution in [0, 0.1) is 9.62 Å². The minimum absolute atomic E-state index is 0.274. The highest BCUT2D eigenvalue weighted by atomic mass is 127. The number of halogens is 1. The molecule has 82 valence electrons. The van der Waals surface area contributed by atoms with E-state index < -0.39 is 0 Å².